The Labute approximate surface area is 80.7 Å². The van der Waals surface area contributed by atoms with E-state index in [9.17, 15) is 19.5 Å². The van der Waals surface area contributed by atoms with Crippen LogP contribution in [0.4, 0.5) is 4.79 Å². The first-order chi connectivity index (χ1) is 6.50. The number of imide groups is 2. The molecule has 6 nitrogen and oxygen atoms in total. The maximum Gasteiger partial charge on any atom is 0.328 e. The number of unbranched alkanes of at least 4 members (excludes halogenated alkanes) is 1. The molecule has 0 aromatic carbocycles. The molecule has 78 valence electrons. The number of carbonyl (C=O) groups excluding carboxylic acids is 3. The Balaban J connectivity index is 2.79. The number of hydrogen-bond donors (Lipinski definition) is 3. The van der Waals surface area contributed by atoms with Gasteiger partial charge in [0.15, 0.2) is 0 Å². The average Bonchev–Trinajstić information content (AvgIpc) is 2.11. The summed E-state index contributed by atoms with van der Waals surface area (Å²) in [6.45, 7) is 1.87. The lowest BCUT2D eigenvalue weighted by Crippen LogP contribution is -2.66. The van der Waals surface area contributed by atoms with Gasteiger partial charge in [-0.3, -0.25) is 20.2 Å². The maximum absolute atomic E-state index is 11.2. The van der Waals surface area contributed by atoms with Crippen LogP contribution in [0.25, 0.3) is 0 Å². The second kappa shape index (κ2) is 3.75. The number of urea groups is 1. The Morgan fingerprint density at radius 1 is 1.21 bits per heavy atom. The number of nitrogens with one attached hydrogen (secondary N) is 2. The van der Waals surface area contributed by atoms with E-state index in [0.717, 1.165) is 6.42 Å². The van der Waals surface area contributed by atoms with Crippen molar-refractivity contribution in [2.45, 2.75) is 31.8 Å². The Bertz CT molecular complexity index is 267. The molecule has 0 aliphatic carbocycles. The fraction of sp³-hybridized carbons (Fsp3) is 0.625. The van der Waals surface area contributed by atoms with Crippen molar-refractivity contribution in [2.75, 3.05) is 0 Å². The molecule has 0 bridgehead atoms. The Morgan fingerprint density at radius 2 is 1.71 bits per heavy atom. The fourth-order valence-corrected chi connectivity index (χ4v) is 1.21. The lowest BCUT2D eigenvalue weighted by Gasteiger charge is -2.28. The molecule has 4 amide bonds. The minimum atomic E-state index is -2.09. The number of barbiturate groups is 1. The molecule has 0 spiro atoms. The van der Waals surface area contributed by atoms with Gasteiger partial charge >= 0.3 is 6.03 Å². The highest BCUT2D eigenvalue weighted by Gasteiger charge is 2.48. The molecule has 0 aromatic rings. The minimum absolute atomic E-state index is 0.0223. The Hall–Kier alpha value is -1.43. The largest absolute Gasteiger partial charge is 0.372 e. The van der Waals surface area contributed by atoms with Crippen LogP contribution < -0.4 is 10.6 Å². The smallest absolute Gasteiger partial charge is 0.328 e. The SMILES string of the molecule is CCCCC1(O)C(=O)NC(=O)NC1=O. The van der Waals surface area contributed by atoms with E-state index in [0.29, 0.717) is 6.42 Å². The Kier molecular flexibility index (Phi) is 2.85. The standard InChI is InChI=1S/C8H12N2O4/c1-2-3-4-8(14)5(11)9-7(13)10-6(8)12/h14H,2-4H2,1H3,(H2,9,10,11,12,13). The van der Waals surface area contributed by atoms with E-state index in [1.165, 1.54) is 0 Å². The quantitative estimate of drug-likeness (QED) is 0.523. The predicted molar refractivity (Wildman–Crippen MR) is 46.2 cm³/mol. The minimum Gasteiger partial charge on any atom is -0.372 e. The lowest BCUT2D eigenvalue weighted by molar-refractivity contribution is -0.155. The maximum atomic E-state index is 11.2. The van der Waals surface area contributed by atoms with Gasteiger partial charge in [0, 0.05) is 0 Å². The average molecular weight is 200 g/mol. The summed E-state index contributed by atoms with van der Waals surface area (Å²) in [5.41, 5.74) is -2.09. The molecule has 0 radical (unpaired) electrons. The third kappa shape index (κ3) is 1.74. The number of aliphatic hydroxyl groups is 1. The monoisotopic (exact) mass is 200 g/mol. The van der Waals surface area contributed by atoms with Crippen LogP contribution in [0.1, 0.15) is 26.2 Å². The van der Waals surface area contributed by atoms with E-state index in [4.69, 9.17) is 0 Å². The summed E-state index contributed by atoms with van der Waals surface area (Å²) in [7, 11) is 0. The molecule has 3 N–H and O–H groups in total. The predicted octanol–water partition coefficient (Wildman–Crippen LogP) is -0.726. The van der Waals surface area contributed by atoms with Crippen LogP contribution in [0, 0.1) is 0 Å². The van der Waals surface area contributed by atoms with Gasteiger partial charge in [0.2, 0.25) is 5.60 Å². The van der Waals surface area contributed by atoms with Gasteiger partial charge in [-0.1, -0.05) is 13.3 Å². The van der Waals surface area contributed by atoms with Crippen molar-refractivity contribution < 1.29 is 19.5 Å². The van der Waals surface area contributed by atoms with Crippen LogP contribution in [0.2, 0.25) is 0 Å². The molecule has 0 atom stereocenters. The van der Waals surface area contributed by atoms with Crippen molar-refractivity contribution >= 4 is 17.8 Å². The second-order valence-electron chi connectivity index (χ2n) is 3.20. The summed E-state index contributed by atoms with van der Waals surface area (Å²) in [6, 6.07) is -0.888. The van der Waals surface area contributed by atoms with Crippen LogP contribution in [-0.2, 0) is 9.59 Å². The van der Waals surface area contributed by atoms with Crippen molar-refractivity contribution in [3.63, 3.8) is 0 Å². The van der Waals surface area contributed by atoms with Gasteiger partial charge in [-0.25, -0.2) is 4.79 Å². The van der Waals surface area contributed by atoms with Crippen molar-refractivity contribution in [1.29, 1.82) is 0 Å². The molecule has 6 heteroatoms. The van der Waals surface area contributed by atoms with Gasteiger partial charge in [-0.15, -0.1) is 0 Å². The molecule has 1 rings (SSSR count). The summed E-state index contributed by atoms with van der Waals surface area (Å²) in [5.74, 6) is -1.89. The highest BCUT2D eigenvalue weighted by Crippen LogP contribution is 2.17. The zero-order valence-electron chi connectivity index (χ0n) is 7.79. The van der Waals surface area contributed by atoms with Gasteiger partial charge in [0.25, 0.3) is 11.8 Å². The summed E-state index contributed by atoms with van der Waals surface area (Å²) in [6.07, 6.45) is 1.30. The molecule has 14 heavy (non-hydrogen) atoms. The molecule has 1 aliphatic heterocycles. The number of amides is 4. The third-order valence-electron chi connectivity index (χ3n) is 2.10. The molecule has 0 saturated carbocycles. The van der Waals surface area contributed by atoms with Crippen LogP contribution in [0.5, 0.6) is 0 Å². The van der Waals surface area contributed by atoms with Crippen LogP contribution in [0.3, 0.4) is 0 Å². The molecule has 1 heterocycles. The van der Waals surface area contributed by atoms with E-state index in [1.54, 1.807) is 0 Å². The molecule has 0 unspecified atom stereocenters. The van der Waals surface area contributed by atoms with Crippen molar-refractivity contribution in [3.8, 4) is 0 Å². The van der Waals surface area contributed by atoms with Gasteiger partial charge in [-0.2, -0.15) is 0 Å². The number of hydrogen-bond acceptors (Lipinski definition) is 4. The zero-order chi connectivity index (χ0) is 10.8. The van der Waals surface area contributed by atoms with Crippen molar-refractivity contribution in [1.82, 2.24) is 10.6 Å². The van der Waals surface area contributed by atoms with E-state index in [2.05, 4.69) is 0 Å². The normalized spacial score (nSPS) is 20.3. The van der Waals surface area contributed by atoms with Gasteiger partial charge in [0.1, 0.15) is 0 Å². The third-order valence-corrected chi connectivity index (χ3v) is 2.10. The first-order valence-corrected chi connectivity index (χ1v) is 4.40. The Morgan fingerprint density at radius 3 is 2.14 bits per heavy atom. The van der Waals surface area contributed by atoms with E-state index in [1.807, 2.05) is 17.6 Å². The van der Waals surface area contributed by atoms with Crippen LogP contribution >= 0.6 is 0 Å². The molecule has 1 saturated heterocycles. The molecule has 1 fully saturated rings. The highest BCUT2D eigenvalue weighted by atomic mass is 16.3. The van der Waals surface area contributed by atoms with Gasteiger partial charge in [-0.05, 0) is 12.8 Å². The lowest BCUT2D eigenvalue weighted by atomic mass is 9.93. The first-order valence-electron chi connectivity index (χ1n) is 4.40. The number of carbonyl (C=O) groups is 3. The van der Waals surface area contributed by atoms with Crippen molar-refractivity contribution in [2.24, 2.45) is 0 Å². The molecular formula is C8H12N2O4. The first kappa shape index (κ1) is 10.6. The number of rotatable bonds is 3. The molecule has 0 aromatic heterocycles. The topological polar surface area (TPSA) is 95.5 Å². The summed E-state index contributed by atoms with van der Waals surface area (Å²) in [5, 5.41) is 13.4. The zero-order valence-corrected chi connectivity index (χ0v) is 7.79. The van der Waals surface area contributed by atoms with E-state index in [-0.39, 0.29) is 6.42 Å². The van der Waals surface area contributed by atoms with Gasteiger partial charge in [0.05, 0.1) is 0 Å². The van der Waals surface area contributed by atoms with Gasteiger partial charge < -0.3 is 5.11 Å². The second-order valence-corrected chi connectivity index (χ2v) is 3.20. The van der Waals surface area contributed by atoms with Crippen molar-refractivity contribution in [3.05, 3.63) is 0 Å². The highest BCUT2D eigenvalue weighted by molar-refractivity contribution is 6.21. The summed E-state index contributed by atoms with van der Waals surface area (Å²) >= 11 is 0. The molecule has 1 aliphatic rings. The van der Waals surface area contributed by atoms with Crippen LogP contribution in [-0.4, -0.2) is 28.6 Å². The summed E-state index contributed by atoms with van der Waals surface area (Å²) < 4.78 is 0. The molecular weight excluding hydrogens is 188 g/mol. The fourth-order valence-electron chi connectivity index (χ4n) is 1.21. The summed E-state index contributed by atoms with van der Waals surface area (Å²) in [4.78, 5) is 33.1. The van der Waals surface area contributed by atoms with E-state index >= 15 is 0 Å². The van der Waals surface area contributed by atoms with Crippen LogP contribution in [0.15, 0.2) is 0 Å². The van der Waals surface area contributed by atoms with E-state index < -0.39 is 23.4 Å².